The zero-order valence-electron chi connectivity index (χ0n) is 11.1. The van der Waals surface area contributed by atoms with Gasteiger partial charge < -0.3 is 15.0 Å². The van der Waals surface area contributed by atoms with E-state index in [0.717, 1.165) is 18.9 Å². The second-order valence-corrected chi connectivity index (χ2v) is 5.55. The molecular weight excluding hydrogens is 216 g/mol. The Kier molecular flexibility index (Phi) is 4.05. The van der Waals surface area contributed by atoms with Gasteiger partial charge in [0, 0.05) is 25.7 Å². The van der Waals surface area contributed by atoms with E-state index in [4.69, 9.17) is 4.74 Å². The molecule has 0 aromatic heterocycles. The van der Waals surface area contributed by atoms with Crippen LogP contribution in [0.1, 0.15) is 33.1 Å². The number of carbonyl (C=O) groups is 1. The molecule has 2 rings (SSSR count). The molecule has 0 aromatic carbocycles. The van der Waals surface area contributed by atoms with Crippen LogP contribution in [-0.2, 0) is 9.53 Å². The molecule has 0 radical (unpaired) electrons. The number of amides is 1. The molecule has 1 aliphatic heterocycles. The van der Waals surface area contributed by atoms with Gasteiger partial charge in [-0.3, -0.25) is 4.79 Å². The summed E-state index contributed by atoms with van der Waals surface area (Å²) in [4.78, 5) is 13.6. The second kappa shape index (κ2) is 5.36. The predicted octanol–water partition coefficient (Wildman–Crippen LogP) is 1.01. The third-order valence-electron chi connectivity index (χ3n) is 3.91. The highest BCUT2D eigenvalue weighted by Crippen LogP contribution is 2.38. The van der Waals surface area contributed by atoms with Gasteiger partial charge in [-0.2, -0.15) is 0 Å². The van der Waals surface area contributed by atoms with Gasteiger partial charge in [-0.25, -0.2) is 0 Å². The number of carbonyl (C=O) groups excluding carboxylic acids is 1. The van der Waals surface area contributed by atoms with Crippen LogP contribution in [0.2, 0.25) is 0 Å². The number of hydrogen-bond acceptors (Lipinski definition) is 3. The monoisotopic (exact) mass is 240 g/mol. The molecular formula is C13H24N2O2. The fraction of sp³-hybridized carbons (Fsp3) is 0.923. The van der Waals surface area contributed by atoms with Crippen LogP contribution in [0.5, 0.6) is 0 Å². The zero-order chi connectivity index (χ0) is 12.4. The van der Waals surface area contributed by atoms with Crippen molar-refractivity contribution in [3.63, 3.8) is 0 Å². The van der Waals surface area contributed by atoms with E-state index < -0.39 is 0 Å². The van der Waals surface area contributed by atoms with Crippen molar-refractivity contribution < 1.29 is 9.53 Å². The van der Waals surface area contributed by atoms with Gasteiger partial charge in [0.05, 0.1) is 12.6 Å². The Balaban J connectivity index is 1.75. The largest absolute Gasteiger partial charge is 0.376 e. The number of nitrogens with zero attached hydrogens (tertiary/aromatic N) is 1. The fourth-order valence-corrected chi connectivity index (χ4v) is 2.35. The molecule has 98 valence electrons. The Hall–Kier alpha value is -0.610. The van der Waals surface area contributed by atoms with Crippen molar-refractivity contribution in [2.45, 2.75) is 51.3 Å². The van der Waals surface area contributed by atoms with Crippen molar-refractivity contribution in [3.05, 3.63) is 0 Å². The predicted molar refractivity (Wildman–Crippen MR) is 66.8 cm³/mol. The normalized spacial score (nSPS) is 28.7. The number of hydrogen-bond donors (Lipinski definition) is 1. The van der Waals surface area contributed by atoms with Gasteiger partial charge in [-0.1, -0.05) is 0 Å². The Morgan fingerprint density at radius 1 is 1.41 bits per heavy atom. The van der Waals surface area contributed by atoms with Crippen LogP contribution in [0.4, 0.5) is 0 Å². The maximum Gasteiger partial charge on any atom is 0.236 e. The maximum atomic E-state index is 11.9. The molecule has 2 atom stereocenters. The van der Waals surface area contributed by atoms with Crippen LogP contribution >= 0.6 is 0 Å². The van der Waals surface area contributed by atoms with Crippen LogP contribution in [0.25, 0.3) is 0 Å². The van der Waals surface area contributed by atoms with Crippen LogP contribution in [0, 0.1) is 5.92 Å². The lowest BCUT2D eigenvalue weighted by Crippen LogP contribution is -2.45. The average molecular weight is 240 g/mol. The molecule has 1 heterocycles. The molecule has 0 spiro atoms. The van der Waals surface area contributed by atoms with Gasteiger partial charge in [0.2, 0.25) is 5.91 Å². The molecule has 2 unspecified atom stereocenters. The summed E-state index contributed by atoms with van der Waals surface area (Å²) >= 11 is 0. The summed E-state index contributed by atoms with van der Waals surface area (Å²) in [6.07, 6.45) is 3.98. The Bertz CT molecular complexity index is 277. The summed E-state index contributed by atoms with van der Waals surface area (Å²) in [5.41, 5.74) is 0. The molecule has 2 fully saturated rings. The third-order valence-corrected chi connectivity index (χ3v) is 3.91. The third kappa shape index (κ3) is 3.19. The lowest BCUT2D eigenvalue weighted by atomic mass is 10.1. The number of rotatable bonds is 5. The van der Waals surface area contributed by atoms with E-state index in [2.05, 4.69) is 5.32 Å². The quantitative estimate of drug-likeness (QED) is 0.780. The number of nitrogens with one attached hydrogen (secondary N) is 1. The van der Waals surface area contributed by atoms with Crippen LogP contribution in [-0.4, -0.2) is 49.2 Å². The van der Waals surface area contributed by atoms with Gasteiger partial charge in [0.15, 0.2) is 0 Å². The summed E-state index contributed by atoms with van der Waals surface area (Å²) in [5.74, 6) is 0.911. The Morgan fingerprint density at radius 3 is 2.71 bits per heavy atom. The molecule has 2 aliphatic rings. The molecule has 1 saturated heterocycles. The molecule has 1 aliphatic carbocycles. The van der Waals surface area contributed by atoms with Crippen molar-refractivity contribution in [2.24, 2.45) is 5.92 Å². The van der Waals surface area contributed by atoms with Crippen molar-refractivity contribution in [1.29, 1.82) is 0 Å². The first-order valence-corrected chi connectivity index (χ1v) is 6.70. The first-order chi connectivity index (χ1) is 8.09. The molecule has 1 amide bonds. The molecule has 1 saturated carbocycles. The van der Waals surface area contributed by atoms with Crippen LogP contribution in [0.3, 0.4) is 0 Å². The lowest BCUT2D eigenvalue weighted by Gasteiger charge is -2.24. The van der Waals surface area contributed by atoms with Crippen molar-refractivity contribution in [2.75, 3.05) is 20.2 Å². The van der Waals surface area contributed by atoms with Gasteiger partial charge in [-0.15, -0.1) is 0 Å². The minimum Gasteiger partial charge on any atom is -0.376 e. The van der Waals surface area contributed by atoms with Crippen molar-refractivity contribution in [3.8, 4) is 0 Å². The van der Waals surface area contributed by atoms with E-state index >= 15 is 0 Å². The van der Waals surface area contributed by atoms with Gasteiger partial charge in [0.1, 0.15) is 0 Å². The molecule has 0 bridgehead atoms. The molecule has 4 nitrogen and oxygen atoms in total. The SMILES string of the molecule is CC(C)N(C)C(=O)CNC1CCOC1C1CC1. The van der Waals surface area contributed by atoms with E-state index in [-0.39, 0.29) is 11.9 Å². The summed E-state index contributed by atoms with van der Waals surface area (Å²) < 4.78 is 5.74. The van der Waals surface area contributed by atoms with E-state index in [1.807, 2.05) is 20.9 Å². The highest BCUT2D eigenvalue weighted by atomic mass is 16.5. The Labute approximate surface area is 104 Å². The van der Waals surface area contributed by atoms with Crippen molar-refractivity contribution in [1.82, 2.24) is 10.2 Å². The number of ether oxygens (including phenoxy) is 1. The summed E-state index contributed by atoms with van der Waals surface area (Å²) in [6, 6.07) is 0.648. The Morgan fingerprint density at radius 2 is 2.12 bits per heavy atom. The summed E-state index contributed by atoms with van der Waals surface area (Å²) in [7, 11) is 1.86. The van der Waals surface area contributed by atoms with Crippen LogP contribution in [0.15, 0.2) is 0 Å². The van der Waals surface area contributed by atoms with E-state index in [0.29, 0.717) is 18.7 Å². The van der Waals surface area contributed by atoms with Gasteiger partial charge in [0.25, 0.3) is 0 Å². The molecule has 17 heavy (non-hydrogen) atoms. The van der Waals surface area contributed by atoms with Gasteiger partial charge in [-0.05, 0) is 39.0 Å². The second-order valence-electron chi connectivity index (χ2n) is 5.55. The zero-order valence-corrected chi connectivity index (χ0v) is 11.1. The van der Waals surface area contributed by atoms with Gasteiger partial charge >= 0.3 is 0 Å². The minimum absolute atomic E-state index is 0.168. The highest BCUT2D eigenvalue weighted by Gasteiger charge is 2.40. The van der Waals surface area contributed by atoms with E-state index in [1.165, 1.54) is 12.8 Å². The lowest BCUT2D eigenvalue weighted by molar-refractivity contribution is -0.130. The van der Waals surface area contributed by atoms with E-state index in [9.17, 15) is 4.79 Å². The maximum absolute atomic E-state index is 11.9. The standard InChI is InChI=1S/C13H24N2O2/c1-9(2)15(3)12(16)8-14-11-6-7-17-13(11)10-4-5-10/h9-11,13-14H,4-8H2,1-3H3. The first kappa shape index (κ1) is 12.8. The van der Waals surface area contributed by atoms with E-state index in [1.54, 1.807) is 4.90 Å². The van der Waals surface area contributed by atoms with Crippen LogP contribution < -0.4 is 5.32 Å². The fourth-order valence-electron chi connectivity index (χ4n) is 2.35. The summed E-state index contributed by atoms with van der Waals surface area (Å²) in [6.45, 7) is 5.34. The minimum atomic E-state index is 0.168. The summed E-state index contributed by atoms with van der Waals surface area (Å²) in [5, 5.41) is 3.37. The molecule has 1 N–H and O–H groups in total. The molecule has 4 heteroatoms. The number of likely N-dealkylation sites (N-methyl/N-ethyl adjacent to an activating group) is 1. The highest BCUT2D eigenvalue weighted by molar-refractivity contribution is 5.78. The molecule has 0 aromatic rings. The smallest absolute Gasteiger partial charge is 0.236 e. The topological polar surface area (TPSA) is 41.6 Å². The first-order valence-electron chi connectivity index (χ1n) is 6.70. The van der Waals surface area contributed by atoms with Crippen molar-refractivity contribution >= 4 is 5.91 Å². The average Bonchev–Trinajstić information content (AvgIpc) is 3.04.